The summed E-state index contributed by atoms with van der Waals surface area (Å²) in [5.41, 5.74) is 1.46. The second-order valence-electron chi connectivity index (χ2n) is 3.20. The zero-order chi connectivity index (χ0) is 8.10. The van der Waals surface area contributed by atoms with Crippen LogP contribution in [0.25, 0.3) is 0 Å². The Morgan fingerprint density at radius 1 is 1.45 bits per heavy atom. The minimum absolute atomic E-state index is 1.19. The molecule has 0 saturated carbocycles. The summed E-state index contributed by atoms with van der Waals surface area (Å²) in [7, 11) is 4.23. The molecular weight excluding hydrogens is 134 g/mol. The minimum Gasteiger partial charge on any atom is -0.309 e. The maximum atomic E-state index is 2.23. The molecule has 0 heterocycles. The van der Waals surface area contributed by atoms with Gasteiger partial charge in [-0.15, -0.1) is 0 Å². The van der Waals surface area contributed by atoms with Crippen LogP contribution in [0.1, 0.15) is 12.0 Å². The molecule has 1 aromatic rings. The summed E-state index contributed by atoms with van der Waals surface area (Å²) in [6, 6.07) is 8.58. The average molecular weight is 150 g/mol. The van der Waals surface area contributed by atoms with Crippen molar-refractivity contribution in [3.63, 3.8) is 0 Å². The average Bonchev–Trinajstić information content (AvgIpc) is 2.39. The van der Waals surface area contributed by atoms with Crippen molar-refractivity contribution in [3.8, 4) is 0 Å². The van der Waals surface area contributed by atoms with Gasteiger partial charge >= 0.3 is 0 Å². The molecule has 0 bridgehead atoms. The SMILES string of the molecule is CN(C)CCCc1cc[cH-]c1. The van der Waals surface area contributed by atoms with Crippen molar-refractivity contribution < 1.29 is 0 Å². The van der Waals surface area contributed by atoms with Crippen molar-refractivity contribution in [2.45, 2.75) is 12.8 Å². The Morgan fingerprint density at radius 2 is 2.27 bits per heavy atom. The third-order valence-electron chi connectivity index (χ3n) is 1.80. The summed E-state index contributed by atoms with van der Waals surface area (Å²) < 4.78 is 0. The van der Waals surface area contributed by atoms with Crippen molar-refractivity contribution in [2.24, 2.45) is 0 Å². The molecule has 1 rings (SSSR count). The fourth-order valence-corrected chi connectivity index (χ4v) is 1.18. The molecule has 0 N–H and O–H groups in total. The van der Waals surface area contributed by atoms with E-state index in [-0.39, 0.29) is 0 Å². The molecule has 1 aromatic carbocycles. The van der Waals surface area contributed by atoms with Crippen molar-refractivity contribution in [1.29, 1.82) is 0 Å². The Morgan fingerprint density at radius 3 is 2.82 bits per heavy atom. The van der Waals surface area contributed by atoms with E-state index < -0.39 is 0 Å². The quantitative estimate of drug-likeness (QED) is 0.592. The maximum Gasteiger partial charge on any atom is -0.00317 e. The largest absolute Gasteiger partial charge is 0.309 e. The van der Waals surface area contributed by atoms with E-state index in [9.17, 15) is 0 Å². The third kappa shape index (κ3) is 3.28. The maximum absolute atomic E-state index is 2.23. The van der Waals surface area contributed by atoms with Gasteiger partial charge in [0.15, 0.2) is 0 Å². The van der Waals surface area contributed by atoms with Crippen LogP contribution >= 0.6 is 0 Å². The Bertz CT molecular complexity index is 175. The zero-order valence-corrected chi connectivity index (χ0v) is 7.38. The summed E-state index contributed by atoms with van der Waals surface area (Å²) in [6.07, 6.45) is 2.47. The molecule has 0 atom stereocenters. The predicted octanol–water partition coefficient (Wildman–Crippen LogP) is 1.90. The Balaban J connectivity index is 2.14. The van der Waals surface area contributed by atoms with Gasteiger partial charge in [0, 0.05) is 0 Å². The number of aryl methyl sites for hydroxylation is 1. The van der Waals surface area contributed by atoms with Crippen molar-refractivity contribution >= 4 is 0 Å². The number of rotatable bonds is 4. The van der Waals surface area contributed by atoms with E-state index in [0.717, 1.165) is 0 Å². The second kappa shape index (κ2) is 4.24. The molecule has 62 valence electrons. The predicted molar refractivity (Wildman–Crippen MR) is 48.9 cm³/mol. The monoisotopic (exact) mass is 150 g/mol. The second-order valence-corrected chi connectivity index (χ2v) is 3.20. The molecule has 0 aromatic heterocycles. The highest BCUT2D eigenvalue weighted by Gasteiger charge is 1.88. The highest BCUT2D eigenvalue weighted by Crippen LogP contribution is 2.03. The van der Waals surface area contributed by atoms with Gasteiger partial charge in [0.25, 0.3) is 0 Å². The molecule has 1 heteroatoms. The summed E-state index contributed by atoms with van der Waals surface area (Å²) >= 11 is 0. The molecular formula is C10H16N-. The van der Waals surface area contributed by atoms with Crippen LogP contribution in [0.4, 0.5) is 0 Å². The van der Waals surface area contributed by atoms with Gasteiger partial charge in [-0.25, -0.2) is 6.07 Å². The fourth-order valence-electron chi connectivity index (χ4n) is 1.18. The van der Waals surface area contributed by atoms with Crippen LogP contribution in [0.5, 0.6) is 0 Å². The molecule has 0 spiro atoms. The van der Waals surface area contributed by atoms with Gasteiger partial charge in [-0.1, -0.05) is 6.42 Å². The molecule has 0 amide bonds. The molecule has 0 radical (unpaired) electrons. The van der Waals surface area contributed by atoms with Crippen LogP contribution in [0.3, 0.4) is 0 Å². The molecule has 0 aliphatic rings. The van der Waals surface area contributed by atoms with Crippen LogP contribution in [-0.4, -0.2) is 25.5 Å². The van der Waals surface area contributed by atoms with E-state index in [0.29, 0.717) is 0 Å². The topological polar surface area (TPSA) is 3.24 Å². The zero-order valence-electron chi connectivity index (χ0n) is 7.38. The summed E-state index contributed by atoms with van der Waals surface area (Å²) in [5.74, 6) is 0. The molecule has 0 unspecified atom stereocenters. The third-order valence-corrected chi connectivity index (χ3v) is 1.80. The van der Waals surface area contributed by atoms with Gasteiger partial charge in [0.05, 0.1) is 0 Å². The van der Waals surface area contributed by atoms with Crippen LogP contribution in [0, 0.1) is 0 Å². The lowest BCUT2D eigenvalue weighted by atomic mass is 10.2. The van der Waals surface area contributed by atoms with Crippen molar-refractivity contribution in [1.82, 2.24) is 4.90 Å². The van der Waals surface area contributed by atoms with E-state index in [1.54, 1.807) is 0 Å². The number of nitrogens with zero attached hydrogens (tertiary/aromatic N) is 1. The Labute approximate surface area is 69.0 Å². The van der Waals surface area contributed by atoms with Crippen LogP contribution in [0.15, 0.2) is 24.3 Å². The van der Waals surface area contributed by atoms with Gasteiger partial charge in [-0.3, -0.25) is 0 Å². The van der Waals surface area contributed by atoms with Crippen LogP contribution < -0.4 is 0 Å². The first-order valence-corrected chi connectivity index (χ1v) is 4.14. The van der Waals surface area contributed by atoms with Gasteiger partial charge in [0.2, 0.25) is 0 Å². The lowest BCUT2D eigenvalue weighted by Gasteiger charge is -2.09. The molecule has 0 fully saturated rings. The lowest BCUT2D eigenvalue weighted by molar-refractivity contribution is 0.400. The first-order valence-electron chi connectivity index (χ1n) is 4.14. The van der Waals surface area contributed by atoms with Gasteiger partial charge < -0.3 is 4.90 Å². The van der Waals surface area contributed by atoms with Gasteiger partial charge in [0.1, 0.15) is 0 Å². The lowest BCUT2D eigenvalue weighted by Crippen LogP contribution is -2.13. The Hall–Kier alpha value is -0.690. The van der Waals surface area contributed by atoms with E-state index >= 15 is 0 Å². The molecule has 0 saturated heterocycles. The van der Waals surface area contributed by atoms with Crippen LogP contribution in [0.2, 0.25) is 0 Å². The van der Waals surface area contributed by atoms with Gasteiger partial charge in [-0.2, -0.15) is 23.8 Å². The highest BCUT2D eigenvalue weighted by atomic mass is 15.0. The molecule has 11 heavy (non-hydrogen) atoms. The number of hydrogen-bond donors (Lipinski definition) is 0. The standard InChI is InChI=1S/C10H16N/c1-11(2)9-5-8-10-6-3-4-7-10/h3-4,6-7H,5,8-9H2,1-2H3/q-1. The Kier molecular flexibility index (Phi) is 3.24. The fraction of sp³-hybridized carbons (Fsp3) is 0.500. The summed E-state index contributed by atoms with van der Waals surface area (Å²) in [5, 5.41) is 0. The first-order chi connectivity index (χ1) is 5.29. The minimum atomic E-state index is 1.19. The van der Waals surface area contributed by atoms with Gasteiger partial charge in [-0.05, 0) is 27.1 Å². The highest BCUT2D eigenvalue weighted by molar-refractivity contribution is 5.15. The first kappa shape index (κ1) is 8.41. The molecule has 0 aliphatic carbocycles. The summed E-state index contributed by atoms with van der Waals surface area (Å²) in [6.45, 7) is 1.19. The number of hydrogen-bond acceptors (Lipinski definition) is 1. The smallest absolute Gasteiger partial charge is 0.00317 e. The summed E-state index contributed by atoms with van der Waals surface area (Å²) in [4.78, 5) is 2.23. The van der Waals surface area contributed by atoms with E-state index in [4.69, 9.17) is 0 Å². The molecule has 1 nitrogen and oxygen atoms in total. The van der Waals surface area contributed by atoms with Crippen LogP contribution in [-0.2, 0) is 6.42 Å². The van der Waals surface area contributed by atoms with Crippen molar-refractivity contribution in [2.75, 3.05) is 20.6 Å². The van der Waals surface area contributed by atoms with Crippen molar-refractivity contribution in [3.05, 3.63) is 29.8 Å². The van der Waals surface area contributed by atoms with E-state index in [1.165, 1.54) is 24.9 Å². The molecule has 0 aliphatic heterocycles. The van der Waals surface area contributed by atoms with E-state index in [1.807, 2.05) is 0 Å². The van der Waals surface area contributed by atoms with E-state index in [2.05, 4.69) is 43.3 Å². The normalized spacial score (nSPS) is 10.8.